The molecule has 1 saturated heterocycles. The van der Waals surface area contributed by atoms with Gasteiger partial charge in [0.1, 0.15) is 5.60 Å². The summed E-state index contributed by atoms with van der Waals surface area (Å²) in [7, 11) is 0. The number of anilines is 2. The standard InChI is InChI=1S/C24H30N2O3/c1-5-25(17-18-11-7-6-8-12-18)20-14-9-13-19(23(28)29-24(2,3)4)22(20)26-16-10-15-21(26)27/h6-9,11-14H,5,10,15-17H2,1-4H3. The maximum atomic E-state index is 13.0. The molecule has 29 heavy (non-hydrogen) atoms. The quantitative estimate of drug-likeness (QED) is 0.661. The van der Waals surface area contributed by atoms with Crippen molar-refractivity contribution in [3.8, 4) is 0 Å². The summed E-state index contributed by atoms with van der Waals surface area (Å²) in [5, 5.41) is 0. The highest BCUT2D eigenvalue weighted by atomic mass is 16.6. The Morgan fingerprint density at radius 1 is 1.10 bits per heavy atom. The maximum Gasteiger partial charge on any atom is 0.340 e. The molecule has 1 aliphatic heterocycles. The van der Waals surface area contributed by atoms with Crippen molar-refractivity contribution in [3.63, 3.8) is 0 Å². The average molecular weight is 395 g/mol. The van der Waals surface area contributed by atoms with Crippen LogP contribution < -0.4 is 9.80 Å². The highest BCUT2D eigenvalue weighted by molar-refractivity contribution is 6.07. The number of hydrogen-bond acceptors (Lipinski definition) is 4. The van der Waals surface area contributed by atoms with Gasteiger partial charge in [-0.3, -0.25) is 4.79 Å². The highest BCUT2D eigenvalue weighted by Gasteiger charge is 2.31. The number of nitrogens with zero attached hydrogens (tertiary/aromatic N) is 2. The number of rotatable bonds is 6. The molecule has 0 aliphatic carbocycles. The van der Waals surface area contributed by atoms with Gasteiger partial charge in [-0.1, -0.05) is 36.4 Å². The van der Waals surface area contributed by atoms with Crippen LogP contribution in [0.2, 0.25) is 0 Å². The molecule has 3 rings (SSSR count). The van der Waals surface area contributed by atoms with E-state index in [0.29, 0.717) is 30.8 Å². The number of ether oxygens (including phenoxy) is 1. The van der Waals surface area contributed by atoms with Gasteiger partial charge in [-0.2, -0.15) is 0 Å². The molecule has 0 saturated carbocycles. The van der Waals surface area contributed by atoms with E-state index in [1.54, 1.807) is 11.0 Å². The van der Waals surface area contributed by atoms with Crippen LogP contribution in [0.25, 0.3) is 0 Å². The van der Waals surface area contributed by atoms with Gasteiger partial charge in [-0.15, -0.1) is 0 Å². The first kappa shape index (κ1) is 20.9. The fourth-order valence-corrected chi connectivity index (χ4v) is 3.62. The molecule has 1 amide bonds. The second-order valence-electron chi connectivity index (χ2n) is 8.32. The van der Waals surface area contributed by atoms with Crippen LogP contribution in [-0.2, 0) is 16.1 Å². The molecule has 0 N–H and O–H groups in total. The van der Waals surface area contributed by atoms with E-state index in [-0.39, 0.29) is 5.91 Å². The minimum Gasteiger partial charge on any atom is -0.456 e. The number of para-hydroxylation sites is 1. The third-order valence-corrected chi connectivity index (χ3v) is 4.92. The molecule has 1 fully saturated rings. The Hall–Kier alpha value is -2.82. The highest BCUT2D eigenvalue weighted by Crippen LogP contribution is 2.37. The monoisotopic (exact) mass is 394 g/mol. The van der Waals surface area contributed by atoms with E-state index in [1.165, 1.54) is 5.56 Å². The van der Waals surface area contributed by atoms with Gasteiger partial charge in [0, 0.05) is 26.1 Å². The van der Waals surface area contributed by atoms with Crippen molar-refractivity contribution in [2.75, 3.05) is 22.9 Å². The zero-order valence-corrected chi connectivity index (χ0v) is 17.8. The molecule has 154 valence electrons. The van der Waals surface area contributed by atoms with Crippen LogP contribution in [-0.4, -0.2) is 30.6 Å². The van der Waals surface area contributed by atoms with Gasteiger partial charge in [-0.05, 0) is 51.8 Å². The summed E-state index contributed by atoms with van der Waals surface area (Å²) >= 11 is 0. The van der Waals surface area contributed by atoms with Gasteiger partial charge in [-0.25, -0.2) is 4.79 Å². The second kappa shape index (κ2) is 8.68. The summed E-state index contributed by atoms with van der Waals surface area (Å²) in [4.78, 5) is 29.5. The topological polar surface area (TPSA) is 49.9 Å². The molecule has 0 bridgehead atoms. The lowest BCUT2D eigenvalue weighted by molar-refractivity contribution is -0.117. The van der Waals surface area contributed by atoms with Gasteiger partial charge in [0.15, 0.2) is 0 Å². The average Bonchev–Trinajstić information content (AvgIpc) is 3.10. The molecule has 0 aromatic heterocycles. The van der Waals surface area contributed by atoms with Gasteiger partial charge in [0.25, 0.3) is 0 Å². The van der Waals surface area contributed by atoms with Crippen LogP contribution in [0.4, 0.5) is 11.4 Å². The lowest BCUT2D eigenvalue weighted by atomic mass is 10.1. The third-order valence-electron chi connectivity index (χ3n) is 4.92. The largest absolute Gasteiger partial charge is 0.456 e. The molecule has 5 nitrogen and oxygen atoms in total. The first-order valence-electron chi connectivity index (χ1n) is 10.3. The van der Waals surface area contributed by atoms with E-state index in [2.05, 4.69) is 24.0 Å². The SMILES string of the molecule is CCN(Cc1ccccc1)c1cccc(C(=O)OC(C)(C)C)c1N1CCCC1=O. The van der Waals surface area contributed by atoms with E-state index < -0.39 is 11.6 Å². The van der Waals surface area contributed by atoms with Crippen molar-refractivity contribution in [2.24, 2.45) is 0 Å². The molecule has 0 atom stereocenters. The normalized spacial score (nSPS) is 14.2. The molecule has 0 radical (unpaired) electrons. The maximum absolute atomic E-state index is 13.0. The van der Waals surface area contributed by atoms with Crippen LogP contribution in [0.15, 0.2) is 48.5 Å². The Balaban J connectivity index is 2.06. The lowest BCUT2D eigenvalue weighted by Gasteiger charge is -2.31. The molecular weight excluding hydrogens is 364 g/mol. The summed E-state index contributed by atoms with van der Waals surface area (Å²) in [6.07, 6.45) is 1.30. The number of hydrogen-bond donors (Lipinski definition) is 0. The zero-order chi connectivity index (χ0) is 21.0. The van der Waals surface area contributed by atoms with Crippen molar-refractivity contribution in [1.29, 1.82) is 0 Å². The van der Waals surface area contributed by atoms with Crippen LogP contribution in [0.3, 0.4) is 0 Å². The van der Waals surface area contributed by atoms with E-state index in [9.17, 15) is 9.59 Å². The van der Waals surface area contributed by atoms with Gasteiger partial charge in [0.2, 0.25) is 5.91 Å². The number of esters is 1. The Kier molecular flexibility index (Phi) is 6.26. The Bertz CT molecular complexity index is 871. The zero-order valence-electron chi connectivity index (χ0n) is 17.8. The molecule has 2 aromatic rings. The predicted octanol–water partition coefficient (Wildman–Crippen LogP) is 4.80. The van der Waals surface area contributed by atoms with Crippen molar-refractivity contribution in [3.05, 3.63) is 59.7 Å². The minimum absolute atomic E-state index is 0.0537. The van der Waals surface area contributed by atoms with E-state index >= 15 is 0 Å². The second-order valence-corrected chi connectivity index (χ2v) is 8.32. The van der Waals surface area contributed by atoms with Crippen LogP contribution >= 0.6 is 0 Å². The van der Waals surface area contributed by atoms with E-state index in [0.717, 1.165) is 18.7 Å². The molecule has 0 unspecified atom stereocenters. The predicted molar refractivity (Wildman–Crippen MR) is 116 cm³/mol. The Morgan fingerprint density at radius 2 is 1.83 bits per heavy atom. The minimum atomic E-state index is -0.603. The molecule has 5 heteroatoms. The summed E-state index contributed by atoms with van der Waals surface area (Å²) in [5.74, 6) is -0.345. The van der Waals surface area contributed by atoms with Crippen molar-refractivity contribution < 1.29 is 14.3 Å². The van der Waals surface area contributed by atoms with Gasteiger partial charge in [0.05, 0.1) is 16.9 Å². The van der Waals surface area contributed by atoms with Crippen molar-refractivity contribution in [2.45, 2.75) is 52.7 Å². The van der Waals surface area contributed by atoms with Crippen LogP contribution in [0.5, 0.6) is 0 Å². The molecular formula is C24H30N2O3. The lowest BCUT2D eigenvalue weighted by Crippen LogP contribution is -2.32. The molecule has 1 aliphatic rings. The molecule has 0 spiro atoms. The summed E-state index contributed by atoms with van der Waals surface area (Å²) in [6.45, 7) is 9.70. The Labute approximate surface area is 173 Å². The van der Waals surface area contributed by atoms with Crippen molar-refractivity contribution in [1.82, 2.24) is 0 Å². The fraction of sp³-hybridized carbons (Fsp3) is 0.417. The van der Waals surface area contributed by atoms with Crippen LogP contribution in [0.1, 0.15) is 56.5 Å². The summed E-state index contributed by atoms with van der Waals surface area (Å²) in [5.41, 5.74) is 2.57. The number of carbonyl (C=O) groups excluding carboxylic acids is 2. The first-order chi connectivity index (χ1) is 13.8. The smallest absolute Gasteiger partial charge is 0.340 e. The van der Waals surface area contributed by atoms with E-state index in [4.69, 9.17) is 4.74 Å². The summed E-state index contributed by atoms with van der Waals surface area (Å²) in [6, 6.07) is 15.8. The fourth-order valence-electron chi connectivity index (χ4n) is 3.62. The van der Waals surface area contributed by atoms with E-state index in [1.807, 2.05) is 51.1 Å². The Morgan fingerprint density at radius 3 is 2.41 bits per heavy atom. The summed E-state index contributed by atoms with van der Waals surface area (Å²) < 4.78 is 5.65. The van der Waals surface area contributed by atoms with Gasteiger partial charge < -0.3 is 14.5 Å². The van der Waals surface area contributed by atoms with Crippen molar-refractivity contribution >= 4 is 23.3 Å². The van der Waals surface area contributed by atoms with Crippen LogP contribution in [0, 0.1) is 0 Å². The molecule has 2 aromatic carbocycles. The van der Waals surface area contributed by atoms with Gasteiger partial charge >= 0.3 is 5.97 Å². The number of carbonyl (C=O) groups is 2. The third kappa shape index (κ3) is 4.97. The first-order valence-corrected chi connectivity index (χ1v) is 10.3. The molecule has 1 heterocycles. The number of amides is 1. The number of benzene rings is 2.